The Morgan fingerprint density at radius 1 is 1.31 bits per heavy atom. The van der Waals surface area contributed by atoms with Gasteiger partial charge in [-0.3, -0.25) is 9.63 Å². The number of amides is 1. The molecule has 0 bridgehead atoms. The van der Waals surface area contributed by atoms with Crippen LogP contribution in [-0.4, -0.2) is 25.1 Å². The molecular formula is C13H19NO2. The van der Waals surface area contributed by atoms with E-state index in [0.29, 0.717) is 12.3 Å². The minimum absolute atomic E-state index is 0.0419. The summed E-state index contributed by atoms with van der Waals surface area (Å²) in [7, 11) is 3.10. The van der Waals surface area contributed by atoms with Gasteiger partial charge < -0.3 is 0 Å². The summed E-state index contributed by atoms with van der Waals surface area (Å²) in [5.74, 6) is 0.478. The second kappa shape index (κ2) is 5.66. The van der Waals surface area contributed by atoms with Crippen molar-refractivity contribution >= 4 is 5.91 Å². The van der Waals surface area contributed by atoms with Gasteiger partial charge in [0.15, 0.2) is 0 Å². The van der Waals surface area contributed by atoms with Gasteiger partial charge in [0.2, 0.25) is 5.91 Å². The van der Waals surface area contributed by atoms with E-state index in [0.717, 1.165) is 5.56 Å². The van der Waals surface area contributed by atoms with Gasteiger partial charge in [0.25, 0.3) is 0 Å². The van der Waals surface area contributed by atoms with Crippen molar-refractivity contribution < 1.29 is 9.63 Å². The van der Waals surface area contributed by atoms with E-state index >= 15 is 0 Å². The number of hydroxylamine groups is 2. The van der Waals surface area contributed by atoms with Gasteiger partial charge in [-0.15, -0.1) is 0 Å². The van der Waals surface area contributed by atoms with Crippen LogP contribution >= 0.6 is 0 Å². The van der Waals surface area contributed by atoms with Crippen LogP contribution in [-0.2, 0) is 16.1 Å². The van der Waals surface area contributed by atoms with E-state index < -0.39 is 0 Å². The van der Waals surface area contributed by atoms with E-state index in [1.54, 1.807) is 7.05 Å². The molecule has 0 saturated heterocycles. The molecule has 16 heavy (non-hydrogen) atoms. The maximum absolute atomic E-state index is 11.6. The van der Waals surface area contributed by atoms with Gasteiger partial charge in [-0.1, -0.05) is 38.1 Å². The molecule has 0 fully saturated rings. The van der Waals surface area contributed by atoms with Gasteiger partial charge in [0.05, 0.1) is 13.5 Å². The molecule has 0 aliphatic carbocycles. The van der Waals surface area contributed by atoms with E-state index in [-0.39, 0.29) is 5.91 Å². The molecule has 3 heteroatoms. The molecule has 3 nitrogen and oxygen atoms in total. The molecule has 0 N–H and O–H groups in total. The zero-order valence-electron chi connectivity index (χ0n) is 10.4. The van der Waals surface area contributed by atoms with E-state index in [1.165, 1.54) is 17.7 Å². The number of carbonyl (C=O) groups is 1. The van der Waals surface area contributed by atoms with Crippen LogP contribution in [0.25, 0.3) is 0 Å². The fourth-order valence-electron chi connectivity index (χ4n) is 1.41. The Hall–Kier alpha value is -1.35. The summed E-state index contributed by atoms with van der Waals surface area (Å²) >= 11 is 0. The number of carbonyl (C=O) groups excluding carboxylic acids is 1. The number of nitrogens with zero attached hydrogens (tertiary/aromatic N) is 1. The Balaban J connectivity index is 2.65. The first-order chi connectivity index (χ1) is 7.54. The highest BCUT2D eigenvalue weighted by Crippen LogP contribution is 2.15. The molecule has 0 aliphatic rings. The standard InChI is InChI=1S/C13H19NO2/c1-10(2)12-7-5-11(6-8-12)9-13(15)14(3)16-4/h5-8,10H,9H2,1-4H3. The summed E-state index contributed by atoms with van der Waals surface area (Å²) in [5.41, 5.74) is 2.30. The van der Waals surface area contributed by atoms with Crippen LogP contribution in [0.4, 0.5) is 0 Å². The summed E-state index contributed by atoms with van der Waals surface area (Å²) in [6.07, 6.45) is 0.378. The minimum Gasteiger partial charge on any atom is -0.275 e. The van der Waals surface area contributed by atoms with E-state index in [9.17, 15) is 4.79 Å². The van der Waals surface area contributed by atoms with Gasteiger partial charge in [0.1, 0.15) is 0 Å². The van der Waals surface area contributed by atoms with Gasteiger partial charge in [-0.2, -0.15) is 0 Å². The van der Waals surface area contributed by atoms with Crippen LogP contribution < -0.4 is 0 Å². The van der Waals surface area contributed by atoms with Crippen molar-refractivity contribution in [2.45, 2.75) is 26.2 Å². The lowest BCUT2D eigenvalue weighted by molar-refractivity contribution is -0.167. The third-order valence-electron chi connectivity index (χ3n) is 2.63. The molecule has 0 radical (unpaired) electrons. The summed E-state index contributed by atoms with van der Waals surface area (Å²) < 4.78 is 0. The molecule has 1 aromatic carbocycles. The molecular weight excluding hydrogens is 202 g/mol. The van der Waals surface area contributed by atoms with Crippen molar-refractivity contribution in [3.8, 4) is 0 Å². The van der Waals surface area contributed by atoms with Crippen LogP contribution in [0, 0.1) is 0 Å². The van der Waals surface area contributed by atoms with Crippen molar-refractivity contribution in [3.05, 3.63) is 35.4 Å². The van der Waals surface area contributed by atoms with E-state index in [4.69, 9.17) is 4.84 Å². The predicted octanol–water partition coefficient (Wildman–Crippen LogP) is 2.37. The molecule has 1 aromatic rings. The Labute approximate surface area is 97.0 Å². The highest BCUT2D eigenvalue weighted by atomic mass is 16.7. The minimum atomic E-state index is -0.0419. The Kier molecular flexibility index (Phi) is 4.50. The fraction of sp³-hybridized carbons (Fsp3) is 0.462. The molecule has 0 aromatic heterocycles. The van der Waals surface area contributed by atoms with Gasteiger partial charge in [-0.05, 0) is 17.0 Å². The Bertz CT molecular complexity index is 343. The average Bonchev–Trinajstić information content (AvgIpc) is 2.28. The van der Waals surface area contributed by atoms with Crippen molar-refractivity contribution in [3.63, 3.8) is 0 Å². The fourth-order valence-corrected chi connectivity index (χ4v) is 1.41. The molecule has 0 heterocycles. The third kappa shape index (κ3) is 3.35. The molecule has 0 saturated carbocycles. The monoisotopic (exact) mass is 221 g/mol. The van der Waals surface area contributed by atoms with Crippen LogP contribution in [0.1, 0.15) is 30.9 Å². The number of benzene rings is 1. The molecule has 0 aliphatic heterocycles. The van der Waals surface area contributed by atoms with Gasteiger partial charge >= 0.3 is 0 Å². The van der Waals surface area contributed by atoms with Crippen molar-refractivity contribution in [1.29, 1.82) is 0 Å². The van der Waals surface area contributed by atoms with Crippen molar-refractivity contribution in [2.24, 2.45) is 0 Å². The van der Waals surface area contributed by atoms with Crippen LogP contribution in [0.5, 0.6) is 0 Å². The maximum atomic E-state index is 11.6. The van der Waals surface area contributed by atoms with Crippen molar-refractivity contribution in [1.82, 2.24) is 5.06 Å². The number of hydrogen-bond donors (Lipinski definition) is 0. The zero-order valence-corrected chi connectivity index (χ0v) is 10.4. The average molecular weight is 221 g/mol. The lowest BCUT2D eigenvalue weighted by atomic mass is 10.0. The number of hydrogen-bond acceptors (Lipinski definition) is 2. The van der Waals surface area contributed by atoms with Crippen LogP contribution in [0.2, 0.25) is 0 Å². The number of rotatable bonds is 4. The first-order valence-electron chi connectivity index (χ1n) is 5.44. The first kappa shape index (κ1) is 12.7. The number of likely N-dealkylation sites (N-methyl/N-ethyl adjacent to an activating group) is 1. The second-order valence-corrected chi connectivity index (χ2v) is 4.15. The third-order valence-corrected chi connectivity index (χ3v) is 2.63. The predicted molar refractivity (Wildman–Crippen MR) is 64.0 cm³/mol. The molecule has 1 rings (SSSR count). The Morgan fingerprint density at radius 3 is 2.31 bits per heavy atom. The van der Waals surface area contributed by atoms with Crippen LogP contribution in [0.3, 0.4) is 0 Å². The topological polar surface area (TPSA) is 29.5 Å². The molecule has 0 spiro atoms. The molecule has 0 unspecified atom stereocenters. The molecule has 0 atom stereocenters. The Morgan fingerprint density at radius 2 is 1.88 bits per heavy atom. The highest BCUT2D eigenvalue weighted by Gasteiger charge is 2.08. The molecule has 88 valence electrons. The largest absolute Gasteiger partial charge is 0.275 e. The second-order valence-electron chi connectivity index (χ2n) is 4.15. The van der Waals surface area contributed by atoms with E-state index in [1.807, 2.05) is 12.1 Å². The summed E-state index contributed by atoms with van der Waals surface area (Å²) in [4.78, 5) is 16.4. The maximum Gasteiger partial charge on any atom is 0.250 e. The normalized spacial score (nSPS) is 10.6. The molecule has 1 amide bonds. The van der Waals surface area contributed by atoms with Crippen LogP contribution in [0.15, 0.2) is 24.3 Å². The van der Waals surface area contributed by atoms with E-state index in [2.05, 4.69) is 26.0 Å². The smallest absolute Gasteiger partial charge is 0.250 e. The summed E-state index contributed by atoms with van der Waals surface area (Å²) in [5, 5.41) is 1.25. The zero-order chi connectivity index (χ0) is 12.1. The first-order valence-corrected chi connectivity index (χ1v) is 5.44. The lowest BCUT2D eigenvalue weighted by Gasteiger charge is -2.13. The SMILES string of the molecule is CON(C)C(=O)Cc1ccc(C(C)C)cc1. The lowest BCUT2D eigenvalue weighted by Crippen LogP contribution is -2.26. The quantitative estimate of drug-likeness (QED) is 0.730. The van der Waals surface area contributed by atoms with Gasteiger partial charge in [0, 0.05) is 7.05 Å². The van der Waals surface area contributed by atoms with Gasteiger partial charge in [-0.25, -0.2) is 5.06 Å². The highest BCUT2D eigenvalue weighted by molar-refractivity contribution is 5.77. The summed E-state index contributed by atoms with van der Waals surface area (Å²) in [6, 6.07) is 8.13. The van der Waals surface area contributed by atoms with Crippen molar-refractivity contribution in [2.75, 3.05) is 14.2 Å². The summed E-state index contributed by atoms with van der Waals surface area (Å²) in [6.45, 7) is 4.30.